The topological polar surface area (TPSA) is 29.3 Å². The zero-order chi connectivity index (χ0) is 10.7. The lowest BCUT2D eigenvalue weighted by atomic mass is 9.86. The van der Waals surface area contributed by atoms with Crippen LogP contribution in [0.15, 0.2) is 0 Å². The smallest absolute Gasteiger partial charge is 0.0110 e. The molecule has 0 aromatic rings. The first-order chi connectivity index (χ1) is 6.57. The Morgan fingerprint density at radius 3 is 2.64 bits per heavy atom. The van der Waals surface area contributed by atoms with Gasteiger partial charge in [-0.25, -0.2) is 0 Å². The Hall–Kier alpha value is -0.0800. The van der Waals surface area contributed by atoms with Crippen molar-refractivity contribution in [2.75, 3.05) is 6.54 Å². The molecule has 0 aromatic carbocycles. The summed E-state index contributed by atoms with van der Waals surface area (Å²) in [6.45, 7) is 10.4. The highest BCUT2D eigenvalue weighted by Crippen LogP contribution is 2.25. The van der Waals surface area contributed by atoms with Crippen molar-refractivity contribution in [3.05, 3.63) is 0 Å². The summed E-state index contributed by atoms with van der Waals surface area (Å²) in [5, 5.41) is 0. The molecule has 1 aliphatic heterocycles. The van der Waals surface area contributed by atoms with E-state index in [4.69, 9.17) is 5.73 Å². The Bertz CT molecular complexity index is 170. The average Bonchev–Trinajstić information content (AvgIpc) is 2.15. The van der Waals surface area contributed by atoms with Crippen LogP contribution in [0.5, 0.6) is 0 Å². The van der Waals surface area contributed by atoms with Crippen LogP contribution < -0.4 is 5.73 Å². The van der Waals surface area contributed by atoms with Gasteiger partial charge in [0, 0.05) is 24.7 Å². The van der Waals surface area contributed by atoms with Crippen molar-refractivity contribution in [2.45, 2.75) is 65.1 Å². The van der Waals surface area contributed by atoms with Crippen LogP contribution >= 0.6 is 0 Å². The first-order valence-corrected chi connectivity index (χ1v) is 6.09. The first kappa shape index (κ1) is 12.0. The number of nitrogens with two attached hydrogens (primary N) is 1. The lowest BCUT2D eigenvalue weighted by Crippen LogP contribution is -2.54. The highest BCUT2D eigenvalue weighted by molar-refractivity contribution is 4.88. The molecule has 14 heavy (non-hydrogen) atoms. The molecule has 1 saturated heterocycles. The first-order valence-electron chi connectivity index (χ1n) is 6.09. The van der Waals surface area contributed by atoms with E-state index in [9.17, 15) is 0 Å². The van der Waals surface area contributed by atoms with Gasteiger partial charge in [-0.05, 0) is 32.6 Å². The van der Waals surface area contributed by atoms with Gasteiger partial charge in [-0.1, -0.05) is 20.3 Å². The second-order valence-corrected chi connectivity index (χ2v) is 4.93. The van der Waals surface area contributed by atoms with E-state index in [1.807, 2.05) is 0 Å². The third kappa shape index (κ3) is 2.48. The number of piperidine rings is 1. The van der Waals surface area contributed by atoms with Crippen molar-refractivity contribution in [3.63, 3.8) is 0 Å². The second kappa shape index (κ2) is 5.13. The maximum absolute atomic E-state index is 6.08. The fraction of sp³-hybridized carbons (Fsp3) is 1.00. The van der Waals surface area contributed by atoms with Gasteiger partial charge in [-0.3, -0.25) is 4.90 Å². The number of nitrogens with zero attached hydrogens (tertiary/aromatic N) is 1. The summed E-state index contributed by atoms with van der Waals surface area (Å²) in [6.07, 6.45) is 3.76. The van der Waals surface area contributed by atoms with Crippen LogP contribution in [0.25, 0.3) is 0 Å². The lowest BCUT2D eigenvalue weighted by molar-refractivity contribution is 0.0594. The van der Waals surface area contributed by atoms with Crippen molar-refractivity contribution in [2.24, 2.45) is 11.7 Å². The summed E-state index contributed by atoms with van der Waals surface area (Å²) in [5.74, 6) is 0.642. The molecule has 4 atom stereocenters. The number of hydrogen-bond acceptors (Lipinski definition) is 2. The summed E-state index contributed by atoms with van der Waals surface area (Å²) in [6, 6.07) is 1.79. The van der Waals surface area contributed by atoms with E-state index in [0.29, 0.717) is 18.0 Å². The third-order valence-corrected chi connectivity index (χ3v) is 3.95. The van der Waals surface area contributed by atoms with E-state index in [0.717, 1.165) is 6.04 Å². The van der Waals surface area contributed by atoms with Crippen molar-refractivity contribution in [3.8, 4) is 0 Å². The molecule has 1 heterocycles. The predicted octanol–water partition coefficient (Wildman–Crippen LogP) is 2.23. The highest BCUT2D eigenvalue weighted by atomic mass is 15.2. The van der Waals surface area contributed by atoms with Gasteiger partial charge in [0.1, 0.15) is 0 Å². The van der Waals surface area contributed by atoms with Gasteiger partial charge >= 0.3 is 0 Å². The fourth-order valence-electron chi connectivity index (χ4n) is 2.63. The molecule has 0 radical (unpaired) electrons. The van der Waals surface area contributed by atoms with Crippen LogP contribution in [-0.4, -0.2) is 29.6 Å². The van der Waals surface area contributed by atoms with Gasteiger partial charge in [0.25, 0.3) is 0 Å². The minimum absolute atomic E-state index is 0.412. The van der Waals surface area contributed by atoms with Crippen molar-refractivity contribution in [1.29, 1.82) is 0 Å². The summed E-state index contributed by atoms with van der Waals surface area (Å²) >= 11 is 0. The van der Waals surface area contributed by atoms with Crippen molar-refractivity contribution >= 4 is 0 Å². The zero-order valence-corrected chi connectivity index (χ0v) is 10.2. The van der Waals surface area contributed by atoms with Crippen LogP contribution in [0.4, 0.5) is 0 Å². The molecular formula is C12H26N2. The molecule has 0 spiro atoms. The van der Waals surface area contributed by atoms with E-state index in [2.05, 4.69) is 32.6 Å². The number of likely N-dealkylation sites (tertiary alicyclic amines) is 1. The minimum Gasteiger partial charge on any atom is -0.327 e. The monoisotopic (exact) mass is 198 g/mol. The SMILES string of the molecule is CCCC(C)N1CCC(N)C(C)C1C. The van der Waals surface area contributed by atoms with E-state index in [-0.39, 0.29) is 0 Å². The molecule has 1 aliphatic rings. The van der Waals surface area contributed by atoms with E-state index < -0.39 is 0 Å². The molecule has 1 fully saturated rings. The Balaban J connectivity index is 2.53. The summed E-state index contributed by atoms with van der Waals surface area (Å²) < 4.78 is 0. The van der Waals surface area contributed by atoms with Crippen molar-refractivity contribution in [1.82, 2.24) is 4.90 Å². The van der Waals surface area contributed by atoms with E-state index >= 15 is 0 Å². The summed E-state index contributed by atoms with van der Waals surface area (Å²) in [5.41, 5.74) is 6.08. The van der Waals surface area contributed by atoms with Crippen LogP contribution in [0.1, 0.15) is 47.0 Å². The molecule has 0 bridgehead atoms. The van der Waals surface area contributed by atoms with Gasteiger partial charge in [-0.2, -0.15) is 0 Å². The number of hydrogen-bond donors (Lipinski definition) is 1. The Morgan fingerprint density at radius 1 is 1.43 bits per heavy atom. The molecule has 0 aromatic heterocycles. The van der Waals surface area contributed by atoms with Gasteiger partial charge in [0.15, 0.2) is 0 Å². The Morgan fingerprint density at radius 2 is 2.07 bits per heavy atom. The zero-order valence-electron chi connectivity index (χ0n) is 10.2. The number of rotatable bonds is 3. The molecular weight excluding hydrogens is 172 g/mol. The summed E-state index contributed by atoms with van der Waals surface area (Å²) in [7, 11) is 0. The lowest BCUT2D eigenvalue weighted by Gasteiger charge is -2.44. The van der Waals surface area contributed by atoms with Crippen molar-refractivity contribution < 1.29 is 0 Å². The second-order valence-electron chi connectivity index (χ2n) is 4.93. The highest BCUT2D eigenvalue weighted by Gasteiger charge is 2.32. The fourth-order valence-corrected chi connectivity index (χ4v) is 2.63. The van der Waals surface area contributed by atoms with Crippen LogP contribution in [0.2, 0.25) is 0 Å². The summed E-state index contributed by atoms with van der Waals surface area (Å²) in [4.78, 5) is 2.64. The normalized spacial score (nSPS) is 37.1. The molecule has 0 saturated carbocycles. The molecule has 2 heteroatoms. The third-order valence-electron chi connectivity index (χ3n) is 3.95. The predicted molar refractivity (Wildman–Crippen MR) is 62.3 cm³/mol. The largest absolute Gasteiger partial charge is 0.327 e. The standard InChI is InChI=1S/C12H26N2/c1-5-6-9(2)14-8-7-12(13)10(3)11(14)4/h9-12H,5-8,13H2,1-4H3. The molecule has 2 nitrogen and oxygen atoms in total. The maximum atomic E-state index is 6.08. The van der Waals surface area contributed by atoms with Gasteiger partial charge in [0.2, 0.25) is 0 Å². The molecule has 0 aliphatic carbocycles. The average molecular weight is 198 g/mol. The Labute approximate surface area is 88.8 Å². The van der Waals surface area contributed by atoms with Gasteiger partial charge in [-0.15, -0.1) is 0 Å². The molecule has 1 rings (SSSR count). The molecule has 0 amide bonds. The minimum atomic E-state index is 0.412. The molecule has 4 unspecified atom stereocenters. The molecule has 84 valence electrons. The van der Waals surface area contributed by atoms with Crippen LogP contribution in [0.3, 0.4) is 0 Å². The van der Waals surface area contributed by atoms with E-state index in [1.165, 1.54) is 25.8 Å². The van der Waals surface area contributed by atoms with Gasteiger partial charge in [0.05, 0.1) is 0 Å². The van der Waals surface area contributed by atoms with Crippen LogP contribution in [-0.2, 0) is 0 Å². The van der Waals surface area contributed by atoms with Gasteiger partial charge < -0.3 is 5.73 Å². The molecule has 2 N–H and O–H groups in total. The maximum Gasteiger partial charge on any atom is 0.0110 e. The van der Waals surface area contributed by atoms with Crippen LogP contribution in [0, 0.1) is 5.92 Å². The van der Waals surface area contributed by atoms with E-state index in [1.54, 1.807) is 0 Å². The Kier molecular flexibility index (Phi) is 4.39. The quantitative estimate of drug-likeness (QED) is 0.753.